The van der Waals surface area contributed by atoms with Crippen LogP contribution in [0.1, 0.15) is 35.6 Å². The third-order valence-electron chi connectivity index (χ3n) is 6.35. The lowest BCUT2D eigenvalue weighted by molar-refractivity contribution is -0.0167. The number of aromatic nitrogens is 2. The summed E-state index contributed by atoms with van der Waals surface area (Å²) in [7, 11) is 0. The molecule has 1 saturated carbocycles. The predicted octanol–water partition coefficient (Wildman–Crippen LogP) is 2.88. The van der Waals surface area contributed by atoms with E-state index in [1.54, 1.807) is 6.20 Å². The maximum absolute atomic E-state index is 13.5. The fourth-order valence-electron chi connectivity index (χ4n) is 4.60. The number of hydrogen-bond donors (Lipinski definition) is 3. The van der Waals surface area contributed by atoms with E-state index in [-0.39, 0.29) is 11.3 Å². The first-order chi connectivity index (χ1) is 15.4. The van der Waals surface area contributed by atoms with E-state index < -0.39 is 30.8 Å². The first-order valence-corrected chi connectivity index (χ1v) is 10.7. The summed E-state index contributed by atoms with van der Waals surface area (Å²) in [6, 6.07) is 6.01. The second kappa shape index (κ2) is 8.31. The van der Waals surface area contributed by atoms with Crippen LogP contribution in [-0.2, 0) is 6.54 Å². The molecule has 2 aromatic heterocycles. The number of aryl methyl sites for hydroxylation is 1. The van der Waals surface area contributed by atoms with Crippen LogP contribution in [0.4, 0.5) is 8.78 Å². The molecular weight excluding hydrogens is 420 g/mol. The Morgan fingerprint density at radius 3 is 2.91 bits per heavy atom. The molecule has 0 amide bonds. The number of halogens is 2. The van der Waals surface area contributed by atoms with Crippen LogP contribution < -0.4 is 14.8 Å². The molecule has 1 aromatic carbocycles. The van der Waals surface area contributed by atoms with Crippen LogP contribution in [0, 0.1) is 6.92 Å². The van der Waals surface area contributed by atoms with Crippen molar-refractivity contribution in [3.63, 3.8) is 0 Å². The van der Waals surface area contributed by atoms with Gasteiger partial charge in [0.2, 0.25) is 0 Å². The molecule has 7 nitrogen and oxygen atoms in total. The summed E-state index contributed by atoms with van der Waals surface area (Å²) < 4.78 is 40.5. The number of aliphatic hydroxyl groups is 2. The molecule has 0 radical (unpaired) electrons. The Kier molecular flexibility index (Phi) is 5.48. The zero-order chi connectivity index (χ0) is 22.4. The lowest BCUT2D eigenvalue weighted by atomic mass is 10.1. The van der Waals surface area contributed by atoms with E-state index in [4.69, 9.17) is 9.47 Å². The number of nitrogens with one attached hydrogen (secondary N) is 1. The Morgan fingerprint density at radius 1 is 1.25 bits per heavy atom. The number of hydrogen-bond acceptors (Lipinski definition) is 6. The summed E-state index contributed by atoms with van der Waals surface area (Å²) in [5.41, 5.74) is 2.20. The molecule has 3 N–H and O–H groups in total. The lowest BCUT2D eigenvalue weighted by Gasteiger charge is -2.22. The molecule has 2 aliphatic rings. The van der Waals surface area contributed by atoms with Crippen molar-refractivity contribution >= 4 is 11.0 Å². The third kappa shape index (κ3) is 3.60. The SMILES string of the molecule is Cc1ccnc2c1ccn2[C@@H]1C[C@H](Oc2cc(C(F)F)cc3c2CNCCO3)[C@@H](O)[C@H]1O. The van der Waals surface area contributed by atoms with Crippen LogP contribution in [0.15, 0.2) is 36.7 Å². The van der Waals surface area contributed by atoms with Crippen LogP contribution >= 0.6 is 0 Å². The summed E-state index contributed by atoms with van der Waals surface area (Å²) in [4.78, 5) is 4.44. The van der Waals surface area contributed by atoms with Gasteiger partial charge in [-0.2, -0.15) is 0 Å². The van der Waals surface area contributed by atoms with E-state index >= 15 is 0 Å². The maximum Gasteiger partial charge on any atom is 0.264 e. The second-order valence-electron chi connectivity index (χ2n) is 8.35. The highest BCUT2D eigenvalue weighted by Crippen LogP contribution is 2.40. The first kappa shape index (κ1) is 21.1. The van der Waals surface area contributed by atoms with Gasteiger partial charge in [0.1, 0.15) is 42.1 Å². The van der Waals surface area contributed by atoms with Gasteiger partial charge in [-0.05, 0) is 36.8 Å². The Balaban J connectivity index is 1.46. The van der Waals surface area contributed by atoms with Crippen LogP contribution in [0.2, 0.25) is 0 Å². The van der Waals surface area contributed by atoms with Gasteiger partial charge in [-0.1, -0.05) is 0 Å². The molecule has 170 valence electrons. The highest BCUT2D eigenvalue weighted by molar-refractivity contribution is 5.79. The number of alkyl halides is 2. The molecule has 32 heavy (non-hydrogen) atoms. The first-order valence-electron chi connectivity index (χ1n) is 10.7. The van der Waals surface area contributed by atoms with Gasteiger partial charge in [-0.15, -0.1) is 0 Å². The highest BCUT2D eigenvalue weighted by Gasteiger charge is 2.44. The van der Waals surface area contributed by atoms with Crippen molar-refractivity contribution in [1.29, 1.82) is 0 Å². The van der Waals surface area contributed by atoms with E-state index in [1.165, 1.54) is 12.1 Å². The third-order valence-corrected chi connectivity index (χ3v) is 6.35. The van der Waals surface area contributed by atoms with Gasteiger partial charge >= 0.3 is 0 Å². The van der Waals surface area contributed by atoms with Gasteiger partial charge in [-0.3, -0.25) is 0 Å². The van der Waals surface area contributed by atoms with Crippen molar-refractivity contribution in [3.05, 3.63) is 53.3 Å². The minimum absolute atomic E-state index is 0.207. The molecule has 0 unspecified atom stereocenters. The lowest BCUT2D eigenvalue weighted by Crippen LogP contribution is -2.34. The molecule has 0 saturated heterocycles. The number of benzene rings is 1. The average Bonchev–Trinajstić information content (AvgIpc) is 3.20. The fourth-order valence-corrected chi connectivity index (χ4v) is 4.60. The van der Waals surface area contributed by atoms with Gasteiger partial charge < -0.3 is 29.6 Å². The van der Waals surface area contributed by atoms with Gasteiger partial charge in [0.25, 0.3) is 6.43 Å². The summed E-state index contributed by atoms with van der Waals surface area (Å²) >= 11 is 0. The van der Waals surface area contributed by atoms with Gasteiger partial charge in [-0.25, -0.2) is 13.8 Å². The Bertz CT molecular complexity index is 1140. The largest absolute Gasteiger partial charge is 0.492 e. The molecule has 1 aliphatic carbocycles. The minimum atomic E-state index is -2.69. The van der Waals surface area contributed by atoms with Crippen molar-refractivity contribution in [2.45, 2.75) is 50.7 Å². The Morgan fingerprint density at radius 2 is 2.09 bits per heavy atom. The molecule has 9 heteroatoms. The minimum Gasteiger partial charge on any atom is -0.492 e. The van der Waals surface area contributed by atoms with Crippen molar-refractivity contribution in [1.82, 2.24) is 14.9 Å². The topological polar surface area (TPSA) is 88.8 Å². The van der Waals surface area contributed by atoms with Crippen LogP contribution in [0.5, 0.6) is 11.5 Å². The quantitative estimate of drug-likeness (QED) is 0.573. The number of rotatable bonds is 4. The summed E-state index contributed by atoms with van der Waals surface area (Å²) in [6.45, 7) is 3.32. The summed E-state index contributed by atoms with van der Waals surface area (Å²) in [5.74, 6) is 0.582. The van der Waals surface area contributed by atoms with Crippen molar-refractivity contribution < 1.29 is 28.5 Å². The van der Waals surface area contributed by atoms with Gasteiger partial charge in [0.05, 0.1) is 6.04 Å². The summed E-state index contributed by atoms with van der Waals surface area (Å²) in [6.07, 6.45) is -1.90. The molecule has 0 bridgehead atoms. The maximum atomic E-state index is 13.5. The zero-order valence-electron chi connectivity index (χ0n) is 17.5. The second-order valence-corrected chi connectivity index (χ2v) is 8.35. The molecular formula is C23H25F2N3O4. The molecule has 3 aromatic rings. The van der Waals surface area contributed by atoms with Gasteiger partial charge in [0, 0.05) is 48.4 Å². The molecule has 4 atom stereocenters. The molecule has 0 spiro atoms. The van der Waals surface area contributed by atoms with Crippen LogP contribution in [0.3, 0.4) is 0 Å². The molecule has 1 fully saturated rings. The zero-order valence-corrected chi connectivity index (χ0v) is 17.5. The Hall–Kier alpha value is -2.75. The average molecular weight is 445 g/mol. The summed E-state index contributed by atoms with van der Waals surface area (Å²) in [5, 5.41) is 25.7. The Labute approximate surface area is 183 Å². The number of nitrogens with zero attached hydrogens (tertiary/aromatic N) is 2. The smallest absolute Gasteiger partial charge is 0.264 e. The normalized spacial score (nSPS) is 25.6. The standard InChI is InChI=1S/C23H25F2N3O4/c1-12-2-4-27-23-14(12)3-6-28(23)16-10-19(21(30)20(16)29)32-18-9-13(22(24)25)8-17-15(18)11-26-5-7-31-17/h2-4,6,8-9,16,19-22,26,29-30H,5,7,10-11H2,1H3/t16-,19+,20+,21-/m1/s1. The van der Waals surface area contributed by atoms with Crippen LogP contribution in [-0.4, -0.2) is 51.2 Å². The van der Waals surface area contributed by atoms with Crippen molar-refractivity contribution in [3.8, 4) is 11.5 Å². The molecule has 1 aliphatic heterocycles. The van der Waals surface area contributed by atoms with E-state index in [2.05, 4.69) is 10.3 Å². The number of pyridine rings is 1. The number of ether oxygens (including phenoxy) is 2. The predicted molar refractivity (Wildman–Crippen MR) is 113 cm³/mol. The monoisotopic (exact) mass is 445 g/mol. The van der Waals surface area contributed by atoms with E-state index in [9.17, 15) is 19.0 Å². The fraction of sp³-hybridized carbons (Fsp3) is 0.435. The van der Waals surface area contributed by atoms with Gasteiger partial charge in [0.15, 0.2) is 0 Å². The van der Waals surface area contributed by atoms with E-state index in [0.717, 1.165) is 10.9 Å². The van der Waals surface area contributed by atoms with E-state index in [0.29, 0.717) is 43.1 Å². The number of aliphatic hydroxyl groups excluding tert-OH is 2. The highest BCUT2D eigenvalue weighted by atomic mass is 19.3. The molecule has 5 rings (SSSR count). The van der Waals surface area contributed by atoms with Crippen molar-refractivity contribution in [2.24, 2.45) is 0 Å². The van der Waals surface area contributed by atoms with E-state index in [1.807, 2.05) is 29.8 Å². The van der Waals surface area contributed by atoms with Crippen molar-refractivity contribution in [2.75, 3.05) is 13.2 Å². The number of fused-ring (bicyclic) bond motifs is 2. The van der Waals surface area contributed by atoms with Crippen LogP contribution in [0.25, 0.3) is 11.0 Å². The molecule has 3 heterocycles.